The second kappa shape index (κ2) is 5.82. The predicted molar refractivity (Wildman–Crippen MR) is 85.5 cm³/mol. The van der Waals surface area contributed by atoms with Crippen LogP contribution in [0.3, 0.4) is 0 Å². The molecule has 0 amide bonds. The molecule has 120 valence electrons. The van der Waals surface area contributed by atoms with E-state index in [2.05, 4.69) is 10.2 Å². The van der Waals surface area contributed by atoms with Crippen LogP contribution in [0.2, 0.25) is 0 Å². The molecular formula is C18H32N2O. The first kappa shape index (κ1) is 14.5. The van der Waals surface area contributed by atoms with Crippen molar-refractivity contribution in [3.63, 3.8) is 0 Å². The smallest absolute Gasteiger partial charge is 0.0697 e. The molecule has 0 radical (unpaired) electrons. The van der Waals surface area contributed by atoms with Crippen molar-refractivity contribution in [1.29, 1.82) is 0 Å². The van der Waals surface area contributed by atoms with E-state index in [0.29, 0.717) is 5.41 Å². The average molecular weight is 292 g/mol. The third-order valence-corrected chi connectivity index (χ3v) is 6.75. The molecule has 1 N–H and O–H groups in total. The molecule has 3 saturated heterocycles. The Morgan fingerprint density at radius 2 is 1.86 bits per heavy atom. The number of hydrogen-bond acceptors (Lipinski definition) is 3. The number of nitrogens with zero attached hydrogens (tertiary/aromatic N) is 1. The highest BCUT2D eigenvalue weighted by Gasteiger charge is 2.44. The van der Waals surface area contributed by atoms with Crippen LogP contribution in [0.15, 0.2) is 0 Å². The molecule has 3 aliphatic heterocycles. The Kier molecular flexibility index (Phi) is 4.01. The van der Waals surface area contributed by atoms with Crippen molar-refractivity contribution in [2.24, 2.45) is 5.41 Å². The summed E-state index contributed by atoms with van der Waals surface area (Å²) in [5.41, 5.74) is 0.871. The van der Waals surface area contributed by atoms with Crippen molar-refractivity contribution in [3.8, 4) is 0 Å². The Morgan fingerprint density at radius 3 is 2.67 bits per heavy atom. The average Bonchev–Trinajstić information content (AvgIpc) is 2.96. The van der Waals surface area contributed by atoms with Crippen molar-refractivity contribution in [3.05, 3.63) is 0 Å². The summed E-state index contributed by atoms with van der Waals surface area (Å²) in [6.07, 6.45) is 13.7. The van der Waals surface area contributed by atoms with Gasteiger partial charge in [-0.3, -0.25) is 4.90 Å². The van der Waals surface area contributed by atoms with Gasteiger partial charge in [0.2, 0.25) is 0 Å². The lowest BCUT2D eigenvalue weighted by molar-refractivity contribution is -0.111. The second-order valence-electron chi connectivity index (χ2n) is 8.24. The maximum Gasteiger partial charge on any atom is 0.0697 e. The summed E-state index contributed by atoms with van der Waals surface area (Å²) < 4.78 is 6.25. The first-order valence-electron chi connectivity index (χ1n) is 9.38. The monoisotopic (exact) mass is 292 g/mol. The summed E-state index contributed by atoms with van der Waals surface area (Å²) in [5.74, 6) is 0. The van der Waals surface area contributed by atoms with Crippen molar-refractivity contribution >= 4 is 0 Å². The predicted octanol–water partition coefficient (Wildman–Crippen LogP) is 2.94. The van der Waals surface area contributed by atoms with E-state index in [9.17, 15) is 0 Å². The summed E-state index contributed by atoms with van der Waals surface area (Å²) in [6, 6.07) is 0.802. The molecule has 3 heterocycles. The van der Waals surface area contributed by atoms with Crippen LogP contribution in [0.4, 0.5) is 0 Å². The van der Waals surface area contributed by atoms with E-state index in [1.54, 1.807) is 0 Å². The van der Waals surface area contributed by atoms with Crippen molar-refractivity contribution < 1.29 is 4.74 Å². The minimum Gasteiger partial charge on any atom is -0.375 e. The van der Waals surface area contributed by atoms with Crippen molar-refractivity contribution in [2.45, 2.75) is 75.9 Å². The van der Waals surface area contributed by atoms with Crippen LogP contribution in [-0.2, 0) is 4.74 Å². The maximum atomic E-state index is 6.25. The van der Waals surface area contributed by atoms with Gasteiger partial charge >= 0.3 is 0 Å². The van der Waals surface area contributed by atoms with Gasteiger partial charge in [-0.1, -0.05) is 12.8 Å². The molecule has 2 spiro atoms. The van der Waals surface area contributed by atoms with Crippen molar-refractivity contribution in [2.75, 3.05) is 32.8 Å². The van der Waals surface area contributed by atoms with E-state index in [0.717, 1.165) is 12.6 Å². The van der Waals surface area contributed by atoms with Gasteiger partial charge in [-0.05, 0) is 69.9 Å². The Labute approximate surface area is 129 Å². The zero-order valence-electron chi connectivity index (χ0n) is 13.5. The molecule has 1 aliphatic carbocycles. The van der Waals surface area contributed by atoms with Gasteiger partial charge in [0.1, 0.15) is 0 Å². The Hall–Kier alpha value is -0.120. The summed E-state index contributed by atoms with van der Waals surface area (Å²) in [7, 11) is 0. The molecule has 4 aliphatic rings. The van der Waals surface area contributed by atoms with Crippen LogP contribution >= 0.6 is 0 Å². The van der Waals surface area contributed by atoms with Crippen LogP contribution in [0, 0.1) is 5.41 Å². The first-order chi connectivity index (χ1) is 10.3. The van der Waals surface area contributed by atoms with Crippen LogP contribution in [0.25, 0.3) is 0 Å². The normalized spacial score (nSPS) is 40.9. The van der Waals surface area contributed by atoms with Gasteiger partial charge in [-0.25, -0.2) is 0 Å². The lowest BCUT2D eigenvalue weighted by atomic mass is 9.73. The molecular weight excluding hydrogens is 260 g/mol. The van der Waals surface area contributed by atoms with E-state index in [1.165, 1.54) is 90.4 Å². The quantitative estimate of drug-likeness (QED) is 0.804. The molecule has 0 aromatic carbocycles. The minimum atomic E-state index is 0.276. The molecule has 2 atom stereocenters. The fourth-order valence-corrected chi connectivity index (χ4v) is 5.62. The number of likely N-dealkylation sites (tertiary alicyclic amines) is 1. The molecule has 4 rings (SSSR count). The SMILES string of the molecule is C1CNCC2(C1)CCCN(C1CCOC3(CCCC3)C1)C2. The third kappa shape index (κ3) is 2.89. The summed E-state index contributed by atoms with van der Waals surface area (Å²) >= 11 is 0. The van der Waals surface area contributed by atoms with Gasteiger partial charge in [-0.2, -0.15) is 0 Å². The number of rotatable bonds is 1. The van der Waals surface area contributed by atoms with E-state index in [-0.39, 0.29) is 5.60 Å². The number of hydrogen-bond donors (Lipinski definition) is 1. The molecule has 1 saturated carbocycles. The van der Waals surface area contributed by atoms with Gasteiger partial charge in [0.15, 0.2) is 0 Å². The fraction of sp³-hybridized carbons (Fsp3) is 1.00. The molecule has 0 aromatic rings. The highest BCUT2D eigenvalue weighted by atomic mass is 16.5. The number of ether oxygens (including phenoxy) is 1. The number of piperidine rings is 2. The lowest BCUT2D eigenvalue weighted by Gasteiger charge is -2.50. The molecule has 3 heteroatoms. The molecule has 4 fully saturated rings. The standard InChI is InChI=1S/C18H32N2O/c1-2-9-18(8-1)13-16(5-12-21-18)20-11-4-7-17(15-20)6-3-10-19-14-17/h16,19H,1-15H2. The van der Waals surface area contributed by atoms with E-state index in [1.807, 2.05) is 0 Å². The Balaban J connectivity index is 1.43. The second-order valence-corrected chi connectivity index (χ2v) is 8.24. The van der Waals surface area contributed by atoms with Crippen LogP contribution < -0.4 is 5.32 Å². The highest BCUT2D eigenvalue weighted by molar-refractivity contribution is 4.98. The van der Waals surface area contributed by atoms with Crippen LogP contribution in [0.5, 0.6) is 0 Å². The zero-order valence-corrected chi connectivity index (χ0v) is 13.5. The van der Waals surface area contributed by atoms with Gasteiger partial charge in [-0.15, -0.1) is 0 Å². The zero-order chi connectivity index (χ0) is 14.2. The fourth-order valence-electron chi connectivity index (χ4n) is 5.62. The van der Waals surface area contributed by atoms with Gasteiger partial charge in [0.05, 0.1) is 5.60 Å². The molecule has 0 aromatic heterocycles. The molecule has 2 unspecified atom stereocenters. The van der Waals surface area contributed by atoms with E-state index < -0.39 is 0 Å². The molecule has 21 heavy (non-hydrogen) atoms. The number of nitrogens with one attached hydrogen (secondary N) is 1. The van der Waals surface area contributed by atoms with Crippen LogP contribution in [0.1, 0.15) is 64.2 Å². The van der Waals surface area contributed by atoms with E-state index in [4.69, 9.17) is 4.74 Å². The van der Waals surface area contributed by atoms with Crippen LogP contribution in [-0.4, -0.2) is 49.3 Å². The molecule has 3 nitrogen and oxygen atoms in total. The van der Waals surface area contributed by atoms with Crippen molar-refractivity contribution in [1.82, 2.24) is 10.2 Å². The summed E-state index contributed by atoms with van der Waals surface area (Å²) in [4.78, 5) is 2.86. The highest BCUT2D eigenvalue weighted by Crippen LogP contribution is 2.43. The van der Waals surface area contributed by atoms with Gasteiger partial charge in [0, 0.05) is 25.7 Å². The summed E-state index contributed by atoms with van der Waals surface area (Å²) in [6.45, 7) is 6.19. The Morgan fingerprint density at radius 1 is 1.00 bits per heavy atom. The minimum absolute atomic E-state index is 0.276. The topological polar surface area (TPSA) is 24.5 Å². The maximum absolute atomic E-state index is 6.25. The van der Waals surface area contributed by atoms with E-state index >= 15 is 0 Å². The third-order valence-electron chi connectivity index (χ3n) is 6.75. The summed E-state index contributed by atoms with van der Waals surface area (Å²) in [5, 5.41) is 3.67. The molecule has 0 bridgehead atoms. The van der Waals surface area contributed by atoms with Gasteiger partial charge in [0.25, 0.3) is 0 Å². The largest absolute Gasteiger partial charge is 0.375 e. The van der Waals surface area contributed by atoms with Gasteiger partial charge < -0.3 is 10.1 Å². The lowest BCUT2D eigenvalue weighted by Crippen LogP contribution is -2.56. The Bertz CT molecular complexity index is 353. The first-order valence-corrected chi connectivity index (χ1v) is 9.38.